The van der Waals surface area contributed by atoms with Crippen molar-refractivity contribution >= 4 is 11.6 Å². The lowest BCUT2D eigenvalue weighted by Crippen LogP contribution is -2.09. The largest absolute Gasteiger partial charge is 0.490 e. The van der Waals surface area contributed by atoms with Crippen LogP contribution in [0.1, 0.15) is 16.7 Å². The van der Waals surface area contributed by atoms with Crippen LogP contribution in [-0.2, 0) is 0 Å². The minimum Gasteiger partial charge on any atom is -0.490 e. The van der Waals surface area contributed by atoms with Crippen molar-refractivity contribution in [2.45, 2.75) is 13.8 Å². The topological polar surface area (TPSA) is 42.2 Å². The fourth-order valence-electron chi connectivity index (χ4n) is 1.83. The third-order valence-electron chi connectivity index (χ3n) is 3.15. The number of hydrogen-bond acceptors (Lipinski definition) is 3. The molecule has 2 rings (SSSR count). The quantitative estimate of drug-likeness (QED) is 0.774. The first-order valence-corrected chi connectivity index (χ1v) is 7.00. The number of nitrogens with zero attached hydrogens (tertiary/aromatic N) is 1. The molecule has 2 aromatic carbocycles. The summed E-state index contributed by atoms with van der Waals surface area (Å²) in [7, 11) is 0. The maximum atomic E-state index is 9.01. The molecule has 2 aromatic rings. The van der Waals surface area contributed by atoms with E-state index in [0.29, 0.717) is 29.5 Å². The molecule has 108 valence electrons. The Morgan fingerprint density at radius 3 is 2.48 bits per heavy atom. The molecule has 0 spiro atoms. The van der Waals surface area contributed by atoms with E-state index in [-0.39, 0.29) is 0 Å². The SMILES string of the molecule is Cc1ccc(OCCOc2ccc(Cl)cc2C#N)cc1C. The summed E-state index contributed by atoms with van der Waals surface area (Å²) in [5, 5.41) is 9.53. The maximum absolute atomic E-state index is 9.01. The molecule has 0 aliphatic carbocycles. The average Bonchev–Trinajstić information content (AvgIpc) is 2.48. The van der Waals surface area contributed by atoms with Crippen LogP contribution < -0.4 is 9.47 Å². The van der Waals surface area contributed by atoms with E-state index in [0.717, 1.165) is 5.75 Å². The number of aryl methyl sites for hydroxylation is 2. The van der Waals surface area contributed by atoms with Gasteiger partial charge in [-0.05, 0) is 55.3 Å². The van der Waals surface area contributed by atoms with Gasteiger partial charge in [0.2, 0.25) is 0 Å². The summed E-state index contributed by atoms with van der Waals surface area (Å²) in [6.07, 6.45) is 0. The molecule has 0 bridgehead atoms. The molecule has 0 atom stereocenters. The van der Waals surface area contributed by atoms with Crippen molar-refractivity contribution < 1.29 is 9.47 Å². The fraction of sp³-hybridized carbons (Fsp3) is 0.235. The number of ether oxygens (including phenoxy) is 2. The van der Waals surface area contributed by atoms with Gasteiger partial charge in [0.1, 0.15) is 30.8 Å². The zero-order chi connectivity index (χ0) is 15.2. The summed E-state index contributed by atoms with van der Waals surface area (Å²) < 4.78 is 11.2. The van der Waals surface area contributed by atoms with Crippen molar-refractivity contribution in [3.63, 3.8) is 0 Å². The van der Waals surface area contributed by atoms with Gasteiger partial charge >= 0.3 is 0 Å². The predicted molar refractivity (Wildman–Crippen MR) is 83.1 cm³/mol. The molecule has 0 unspecified atom stereocenters. The molecule has 21 heavy (non-hydrogen) atoms. The van der Waals surface area contributed by atoms with Crippen molar-refractivity contribution in [1.82, 2.24) is 0 Å². The molecule has 0 saturated heterocycles. The monoisotopic (exact) mass is 301 g/mol. The summed E-state index contributed by atoms with van der Waals surface area (Å²) in [5.41, 5.74) is 2.85. The van der Waals surface area contributed by atoms with E-state index < -0.39 is 0 Å². The molecular formula is C17H16ClNO2. The molecule has 0 aliphatic rings. The van der Waals surface area contributed by atoms with Gasteiger partial charge in [-0.25, -0.2) is 0 Å². The van der Waals surface area contributed by atoms with Crippen LogP contribution in [0.5, 0.6) is 11.5 Å². The number of halogens is 1. The van der Waals surface area contributed by atoms with Gasteiger partial charge in [0, 0.05) is 5.02 Å². The molecule has 3 nitrogen and oxygen atoms in total. The van der Waals surface area contributed by atoms with Gasteiger partial charge in [0.15, 0.2) is 0 Å². The van der Waals surface area contributed by atoms with E-state index in [1.165, 1.54) is 11.1 Å². The Labute approximate surface area is 129 Å². The normalized spacial score (nSPS) is 10.0. The van der Waals surface area contributed by atoms with Crippen molar-refractivity contribution in [3.8, 4) is 17.6 Å². The van der Waals surface area contributed by atoms with E-state index in [2.05, 4.69) is 13.0 Å². The van der Waals surface area contributed by atoms with Crippen LogP contribution in [-0.4, -0.2) is 13.2 Å². The average molecular weight is 302 g/mol. The molecule has 0 amide bonds. The predicted octanol–water partition coefficient (Wildman–Crippen LogP) is 4.29. The van der Waals surface area contributed by atoms with Crippen LogP contribution in [0.25, 0.3) is 0 Å². The van der Waals surface area contributed by atoms with Gasteiger partial charge in [-0.15, -0.1) is 0 Å². The Bertz CT molecular complexity index is 677. The Kier molecular flexibility index (Phi) is 5.08. The molecule has 0 aromatic heterocycles. The first kappa shape index (κ1) is 15.2. The first-order chi connectivity index (χ1) is 10.1. The second-order valence-electron chi connectivity index (χ2n) is 4.70. The summed E-state index contributed by atoms with van der Waals surface area (Å²) in [5.74, 6) is 1.34. The first-order valence-electron chi connectivity index (χ1n) is 6.62. The van der Waals surface area contributed by atoms with Crippen molar-refractivity contribution in [2.75, 3.05) is 13.2 Å². The third-order valence-corrected chi connectivity index (χ3v) is 3.39. The zero-order valence-electron chi connectivity index (χ0n) is 12.0. The van der Waals surface area contributed by atoms with Gasteiger partial charge in [-0.3, -0.25) is 0 Å². The van der Waals surface area contributed by atoms with Gasteiger partial charge in [-0.2, -0.15) is 5.26 Å². The highest BCUT2D eigenvalue weighted by Crippen LogP contribution is 2.22. The summed E-state index contributed by atoms with van der Waals surface area (Å²) in [6, 6.07) is 13.0. The van der Waals surface area contributed by atoms with Crippen LogP contribution in [0, 0.1) is 25.2 Å². The molecule has 0 saturated carbocycles. The van der Waals surface area contributed by atoms with Crippen molar-refractivity contribution in [1.29, 1.82) is 5.26 Å². The molecule has 0 N–H and O–H groups in total. The third kappa shape index (κ3) is 4.14. The van der Waals surface area contributed by atoms with E-state index in [1.807, 2.05) is 25.1 Å². The van der Waals surface area contributed by atoms with Crippen LogP contribution in [0.15, 0.2) is 36.4 Å². The van der Waals surface area contributed by atoms with Crippen LogP contribution in [0.2, 0.25) is 5.02 Å². The zero-order valence-corrected chi connectivity index (χ0v) is 12.8. The van der Waals surface area contributed by atoms with Crippen molar-refractivity contribution in [3.05, 3.63) is 58.1 Å². The van der Waals surface area contributed by atoms with E-state index in [9.17, 15) is 0 Å². The fourth-order valence-corrected chi connectivity index (χ4v) is 2.00. The molecule has 0 aliphatic heterocycles. The second-order valence-corrected chi connectivity index (χ2v) is 5.13. The van der Waals surface area contributed by atoms with E-state index in [1.54, 1.807) is 18.2 Å². The number of hydrogen-bond donors (Lipinski definition) is 0. The molecule has 0 fully saturated rings. The number of benzene rings is 2. The van der Waals surface area contributed by atoms with Crippen LogP contribution in [0.3, 0.4) is 0 Å². The standard InChI is InChI=1S/C17H16ClNO2/c1-12-3-5-16(9-13(12)2)20-7-8-21-17-6-4-15(18)10-14(17)11-19/h3-6,9-10H,7-8H2,1-2H3. The Morgan fingerprint density at radius 1 is 1.00 bits per heavy atom. The highest BCUT2D eigenvalue weighted by molar-refractivity contribution is 6.30. The van der Waals surface area contributed by atoms with E-state index in [4.69, 9.17) is 26.3 Å². The van der Waals surface area contributed by atoms with Crippen LogP contribution in [0.4, 0.5) is 0 Å². The van der Waals surface area contributed by atoms with Gasteiger partial charge < -0.3 is 9.47 Å². The number of nitriles is 1. The van der Waals surface area contributed by atoms with Gasteiger partial charge in [0.25, 0.3) is 0 Å². The van der Waals surface area contributed by atoms with Gasteiger partial charge in [-0.1, -0.05) is 17.7 Å². The lowest BCUT2D eigenvalue weighted by Gasteiger charge is -2.10. The molecule has 0 radical (unpaired) electrons. The Hall–Kier alpha value is -2.18. The smallest absolute Gasteiger partial charge is 0.137 e. The summed E-state index contributed by atoms with van der Waals surface area (Å²) in [4.78, 5) is 0. The highest BCUT2D eigenvalue weighted by atomic mass is 35.5. The number of rotatable bonds is 5. The summed E-state index contributed by atoms with van der Waals surface area (Å²) >= 11 is 5.83. The minimum atomic E-state index is 0.364. The highest BCUT2D eigenvalue weighted by Gasteiger charge is 2.04. The van der Waals surface area contributed by atoms with E-state index >= 15 is 0 Å². The van der Waals surface area contributed by atoms with Crippen molar-refractivity contribution in [2.24, 2.45) is 0 Å². The minimum absolute atomic E-state index is 0.364. The van der Waals surface area contributed by atoms with Crippen LogP contribution >= 0.6 is 11.6 Å². The summed E-state index contributed by atoms with van der Waals surface area (Å²) in [6.45, 7) is 4.89. The maximum Gasteiger partial charge on any atom is 0.137 e. The molecule has 4 heteroatoms. The van der Waals surface area contributed by atoms with Gasteiger partial charge in [0.05, 0.1) is 5.56 Å². The molecule has 0 heterocycles. The Morgan fingerprint density at radius 2 is 1.76 bits per heavy atom. The molecular weight excluding hydrogens is 286 g/mol. The lowest BCUT2D eigenvalue weighted by atomic mass is 10.1. The second kappa shape index (κ2) is 7.01. The Balaban J connectivity index is 1.87. The lowest BCUT2D eigenvalue weighted by molar-refractivity contribution is 0.216.